The lowest BCUT2D eigenvalue weighted by molar-refractivity contribution is 1.19. The maximum Gasteiger partial charge on any atom is 0.0638 e. The van der Waals surface area contributed by atoms with Crippen LogP contribution in [-0.4, -0.2) is 7.05 Å². The minimum atomic E-state index is 0.922. The van der Waals surface area contributed by atoms with Crippen LogP contribution in [0.3, 0.4) is 0 Å². The molecule has 0 atom stereocenters. The fourth-order valence-corrected chi connectivity index (χ4v) is 3.08. The first-order valence-electron chi connectivity index (χ1n) is 9.98. The van der Waals surface area contributed by atoms with Crippen LogP contribution in [0.15, 0.2) is 97.1 Å². The van der Waals surface area contributed by atoms with Crippen LogP contribution in [0.1, 0.15) is 5.56 Å². The number of rotatable bonds is 7. The highest BCUT2D eigenvalue weighted by molar-refractivity contribution is 5.65. The molecule has 4 heteroatoms. The fourth-order valence-electron chi connectivity index (χ4n) is 3.08. The lowest BCUT2D eigenvalue weighted by atomic mass is 10.2. The smallest absolute Gasteiger partial charge is 0.0638 e. The van der Waals surface area contributed by atoms with Crippen LogP contribution in [0.4, 0.5) is 39.8 Å². The highest BCUT2D eigenvalue weighted by Crippen LogP contribution is 2.24. The van der Waals surface area contributed by atoms with Gasteiger partial charge in [0.05, 0.1) is 11.4 Å². The van der Waals surface area contributed by atoms with Crippen LogP contribution in [0.2, 0.25) is 0 Å². The van der Waals surface area contributed by atoms with Gasteiger partial charge in [0, 0.05) is 35.5 Å². The Hall–Kier alpha value is -3.92. The van der Waals surface area contributed by atoms with Crippen LogP contribution in [0.5, 0.6) is 0 Å². The number of anilines is 5. The summed E-state index contributed by atoms with van der Waals surface area (Å²) in [5, 5.41) is 14.6. The van der Waals surface area contributed by atoms with E-state index in [0.29, 0.717) is 0 Å². The normalized spacial score (nSPS) is 10.3. The van der Waals surface area contributed by atoms with Gasteiger partial charge in [-0.15, -0.1) is 0 Å². The van der Waals surface area contributed by atoms with Crippen molar-refractivity contribution in [3.05, 3.63) is 103 Å². The SMILES string of the molecule is CNc1ccc(Nc2ccc([N]c3ccc(Nc4ccc(C)cc4)cc3)cc2)cc1. The minimum absolute atomic E-state index is 0.922. The van der Waals surface area contributed by atoms with E-state index in [2.05, 4.69) is 59.3 Å². The van der Waals surface area contributed by atoms with E-state index >= 15 is 0 Å². The molecule has 0 aliphatic rings. The molecule has 0 aromatic heterocycles. The first kappa shape index (κ1) is 19.4. The van der Waals surface area contributed by atoms with E-state index in [1.807, 2.05) is 67.7 Å². The van der Waals surface area contributed by atoms with E-state index in [1.54, 1.807) is 0 Å². The third-order valence-corrected chi connectivity index (χ3v) is 4.80. The van der Waals surface area contributed by atoms with Crippen LogP contribution < -0.4 is 21.3 Å². The molecule has 0 fully saturated rings. The Labute approximate surface area is 178 Å². The molecule has 0 heterocycles. The lowest BCUT2D eigenvalue weighted by Gasteiger charge is -2.10. The molecule has 0 unspecified atom stereocenters. The topological polar surface area (TPSA) is 50.2 Å². The first-order chi connectivity index (χ1) is 14.7. The van der Waals surface area contributed by atoms with E-state index in [1.165, 1.54) is 5.56 Å². The molecule has 4 rings (SSSR count). The molecule has 4 aromatic rings. The van der Waals surface area contributed by atoms with Gasteiger partial charge in [0.1, 0.15) is 0 Å². The van der Waals surface area contributed by atoms with Gasteiger partial charge in [0.2, 0.25) is 0 Å². The number of benzene rings is 4. The van der Waals surface area contributed by atoms with Gasteiger partial charge in [-0.2, -0.15) is 0 Å². The van der Waals surface area contributed by atoms with Crippen molar-refractivity contribution in [2.24, 2.45) is 0 Å². The first-order valence-corrected chi connectivity index (χ1v) is 9.98. The molecule has 0 amide bonds. The predicted molar refractivity (Wildman–Crippen MR) is 128 cm³/mol. The summed E-state index contributed by atoms with van der Waals surface area (Å²) in [5.41, 5.74) is 8.39. The van der Waals surface area contributed by atoms with Gasteiger partial charge < -0.3 is 16.0 Å². The van der Waals surface area contributed by atoms with Crippen LogP contribution in [0.25, 0.3) is 0 Å². The van der Waals surface area contributed by atoms with Crippen molar-refractivity contribution in [1.29, 1.82) is 0 Å². The average molecular weight is 394 g/mol. The summed E-state index contributed by atoms with van der Waals surface area (Å²) in [7, 11) is 1.92. The Morgan fingerprint density at radius 2 is 0.800 bits per heavy atom. The summed E-state index contributed by atoms with van der Waals surface area (Å²) in [6, 6.07) is 32.8. The monoisotopic (exact) mass is 393 g/mol. The Morgan fingerprint density at radius 1 is 0.467 bits per heavy atom. The van der Waals surface area contributed by atoms with Gasteiger partial charge in [-0.05, 0) is 91.9 Å². The zero-order valence-corrected chi connectivity index (χ0v) is 17.2. The Bertz CT molecular complexity index is 1070. The quantitative estimate of drug-likeness (QED) is 0.314. The number of nitrogens with one attached hydrogen (secondary N) is 3. The van der Waals surface area contributed by atoms with Gasteiger partial charge in [0.25, 0.3) is 0 Å². The van der Waals surface area contributed by atoms with Crippen molar-refractivity contribution < 1.29 is 0 Å². The second-order valence-electron chi connectivity index (χ2n) is 7.15. The molecule has 0 saturated heterocycles. The zero-order valence-electron chi connectivity index (χ0n) is 17.2. The molecule has 0 spiro atoms. The summed E-state index contributed by atoms with van der Waals surface area (Å²) >= 11 is 0. The number of hydrogen-bond acceptors (Lipinski definition) is 3. The van der Waals surface area contributed by atoms with Gasteiger partial charge in [-0.3, -0.25) is 0 Å². The van der Waals surface area contributed by atoms with E-state index in [9.17, 15) is 0 Å². The summed E-state index contributed by atoms with van der Waals surface area (Å²) in [4.78, 5) is 0. The van der Waals surface area contributed by atoms with Crippen molar-refractivity contribution in [2.45, 2.75) is 6.92 Å². The van der Waals surface area contributed by atoms with E-state index < -0.39 is 0 Å². The lowest BCUT2D eigenvalue weighted by Crippen LogP contribution is -1.94. The minimum Gasteiger partial charge on any atom is -0.388 e. The van der Waals surface area contributed by atoms with Crippen molar-refractivity contribution in [3.8, 4) is 0 Å². The molecular weight excluding hydrogens is 368 g/mol. The summed E-state index contributed by atoms with van der Waals surface area (Å²) in [5.74, 6) is 0. The number of nitrogens with zero attached hydrogens (tertiary/aromatic N) is 1. The average Bonchev–Trinajstić information content (AvgIpc) is 2.78. The third kappa shape index (κ3) is 5.11. The maximum absolute atomic E-state index is 4.71. The molecule has 0 aliphatic carbocycles. The van der Waals surface area contributed by atoms with Gasteiger partial charge >= 0.3 is 0 Å². The van der Waals surface area contributed by atoms with E-state index in [4.69, 9.17) is 5.32 Å². The predicted octanol–water partition coefficient (Wildman–Crippen LogP) is 7.09. The Morgan fingerprint density at radius 3 is 1.20 bits per heavy atom. The van der Waals surface area contributed by atoms with Crippen molar-refractivity contribution in [1.82, 2.24) is 5.32 Å². The molecule has 0 aliphatic heterocycles. The molecule has 149 valence electrons. The van der Waals surface area contributed by atoms with E-state index in [-0.39, 0.29) is 0 Å². The number of hydrogen-bond donors (Lipinski definition) is 3. The van der Waals surface area contributed by atoms with Gasteiger partial charge in [-0.25, -0.2) is 5.32 Å². The molecule has 1 radical (unpaired) electrons. The maximum atomic E-state index is 4.71. The highest BCUT2D eigenvalue weighted by atomic mass is 14.9. The van der Waals surface area contributed by atoms with Crippen molar-refractivity contribution in [2.75, 3.05) is 23.0 Å². The van der Waals surface area contributed by atoms with Crippen LogP contribution in [0, 0.1) is 6.92 Å². The zero-order chi connectivity index (χ0) is 20.8. The molecule has 4 nitrogen and oxygen atoms in total. The molecule has 4 aromatic carbocycles. The Kier molecular flexibility index (Phi) is 5.85. The second kappa shape index (κ2) is 9.05. The molecular formula is C26H25N4. The summed E-state index contributed by atoms with van der Waals surface area (Å²) in [6.45, 7) is 2.09. The summed E-state index contributed by atoms with van der Waals surface area (Å²) in [6.07, 6.45) is 0. The third-order valence-electron chi connectivity index (χ3n) is 4.80. The molecule has 3 N–H and O–H groups in total. The van der Waals surface area contributed by atoms with Crippen molar-refractivity contribution >= 4 is 39.8 Å². The Balaban J connectivity index is 1.35. The second-order valence-corrected chi connectivity index (χ2v) is 7.15. The molecule has 0 bridgehead atoms. The molecule has 0 saturated carbocycles. The summed E-state index contributed by atoms with van der Waals surface area (Å²) < 4.78 is 0. The largest absolute Gasteiger partial charge is 0.388 e. The van der Waals surface area contributed by atoms with Crippen LogP contribution in [-0.2, 0) is 0 Å². The molecule has 30 heavy (non-hydrogen) atoms. The number of aryl methyl sites for hydroxylation is 1. The highest BCUT2D eigenvalue weighted by Gasteiger charge is 2.01. The standard InChI is InChI=1S/C26H25N4/c1-19-3-5-21(6-4-19)28-23-11-13-25(14-12-23)30-26-17-15-24(16-18-26)29-22-9-7-20(27-2)8-10-22/h3-18,27-29H,1-2H3. The van der Waals surface area contributed by atoms with Crippen molar-refractivity contribution in [3.63, 3.8) is 0 Å². The van der Waals surface area contributed by atoms with Gasteiger partial charge in [0.15, 0.2) is 0 Å². The van der Waals surface area contributed by atoms with Crippen LogP contribution >= 0.6 is 0 Å². The van der Waals surface area contributed by atoms with Gasteiger partial charge in [-0.1, -0.05) is 17.7 Å². The fraction of sp³-hybridized carbons (Fsp3) is 0.0769. The van der Waals surface area contributed by atoms with E-state index in [0.717, 1.165) is 39.8 Å².